The van der Waals surface area contributed by atoms with Crippen LogP contribution in [0.3, 0.4) is 0 Å². The van der Waals surface area contributed by atoms with Crippen molar-refractivity contribution in [2.45, 2.75) is 51.5 Å². The normalized spacial score (nSPS) is 23.8. The van der Waals surface area contributed by atoms with Crippen LogP contribution in [0, 0.1) is 11.8 Å². The van der Waals surface area contributed by atoms with Gasteiger partial charge in [-0.1, -0.05) is 104 Å². The first-order chi connectivity index (χ1) is 21.7. The Morgan fingerprint density at radius 3 is 2.23 bits per heavy atom. The van der Waals surface area contributed by atoms with Crippen LogP contribution in [-0.4, -0.2) is 28.6 Å². The molecule has 0 radical (unpaired) electrons. The number of rotatable bonds is 8. The van der Waals surface area contributed by atoms with Crippen molar-refractivity contribution in [1.29, 1.82) is 0 Å². The molecule has 1 unspecified atom stereocenters. The highest BCUT2D eigenvalue weighted by Gasteiger charge is 2.55. The molecule has 3 nitrogen and oxygen atoms in total. The van der Waals surface area contributed by atoms with Crippen LogP contribution in [0.2, 0.25) is 0 Å². The number of quaternary nitrogens is 1. The number of pyridine rings is 1. The summed E-state index contributed by atoms with van der Waals surface area (Å²) in [6.45, 7) is 6.47. The van der Waals surface area contributed by atoms with Gasteiger partial charge in [-0.05, 0) is 63.2 Å². The van der Waals surface area contributed by atoms with Crippen molar-refractivity contribution in [3.05, 3.63) is 138 Å². The minimum absolute atomic E-state index is 0.0232. The summed E-state index contributed by atoms with van der Waals surface area (Å²) in [5, 5.41) is 6.69. The fourth-order valence-electron chi connectivity index (χ4n) is 8.77. The molecule has 0 aliphatic carbocycles. The predicted molar refractivity (Wildman–Crippen MR) is 181 cm³/mol. The van der Waals surface area contributed by atoms with Crippen LogP contribution >= 0.6 is 0 Å². The smallest absolute Gasteiger partial charge is 0.135 e. The van der Waals surface area contributed by atoms with Crippen molar-refractivity contribution in [3.8, 4) is 0 Å². The number of piperidine rings is 3. The van der Waals surface area contributed by atoms with E-state index in [1.54, 1.807) is 0 Å². The molecular formula is C41H41N2O+. The Bertz CT molecular complexity index is 1880. The molecule has 0 spiro atoms. The van der Waals surface area contributed by atoms with E-state index in [4.69, 9.17) is 9.72 Å². The molecule has 3 aliphatic rings. The molecule has 3 heteroatoms. The predicted octanol–water partition coefficient (Wildman–Crippen LogP) is 9.63. The quantitative estimate of drug-likeness (QED) is 0.133. The maximum absolute atomic E-state index is 7.18. The second-order valence-electron chi connectivity index (χ2n) is 13.2. The Hall–Kier alpha value is -4.05. The zero-order valence-electron chi connectivity index (χ0n) is 25.6. The summed E-state index contributed by atoms with van der Waals surface area (Å²) in [7, 11) is 0. The number of aromatic nitrogens is 1. The molecule has 9 rings (SSSR count). The maximum Gasteiger partial charge on any atom is 0.135 e. The van der Waals surface area contributed by atoms with E-state index in [0.717, 1.165) is 28.4 Å². The monoisotopic (exact) mass is 577 g/mol. The first-order valence-electron chi connectivity index (χ1n) is 16.5. The van der Waals surface area contributed by atoms with Gasteiger partial charge in [0.05, 0.1) is 25.2 Å². The van der Waals surface area contributed by atoms with Crippen molar-refractivity contribution in [1.82, 2.24) is 4.98 Å². The Morgan fingerprint density at radius 1 is 0.795 bits per heavy atom. The van der Waals surface area contributed by atoms with Gasteiger partial charge in [-0.15, -0.1) is 0 Å². The Labute approximate surface area is 260 Å². The third-order valence-electron chi connectivity index (χ3n) is 10.9. The molecule has 2 bridgehead atoms. The lowest BCUT2D eigenvalue weighted by Crippen LogP contribution is -2.67. The molecule has 44 heavy (non-hydrogen) atoms. The van der Waals surface area contributed by atoms with E-state index >= 15 is 0 Å². The highest BCUT2D eigenvalue weighted by atomic mass is 16.5. The van der Waals surface area contributed by atoms with Crippen molar-refractivity contribution in [2.24, 2.45) is 11.8 Å². The van der Waals surface area contributed by atoms with Gasteiger partial charge >= 0.3 is 0 Å². The fourth-order valence-corrected chi connectivity index (χ4v) is 8.77. The van der Waals surface area contributed by atoms with Crippen LogP contribution in [0.5, 0.6) is 0 Å². The van der Waals surface area contributed by atoms with Gasteiger partial charge in [-0.2, -0.15) is 0 Å². The van der Waals surface area contributed by atoms with Gasteiger partial charge in [-0.25, -0.2) is 0 Å². The van der Waals surface area contributed by atoms with E-state index in [1.165, 1.54) is 76.0 Å². The van der Waals surface area contributed by atoms with E-state index < -0.39 is 0 Å². The number of benzene rings is 5. The van der Waals surface area contributed by atoms with Gasteiger partial charge in [0, 0.05) is 35.9 Å². The third-order valence-corrected chi connectivity index (χ3v) is 10.9. The first kappa shape index (κ1) is 27.5. The molecule has 5 atom stereocenters. The van der Waals surface area contributed by atoms with Crippen molar-refractivity contribution >= 4 is 32.4 Å². The van der Waals surface area contributed by atoms with Crippen molar-refractivity contribution < 1.29 is 9.22 Å². The molecule has 4 heterocycles. The number of hydrogen-bond acceptors (Lipinski definition) is 2. The van der Waals surface area contributed by atoms with Gasteiger partial charge in [0.25, 0.3) is 0 Å². The Morgan fingerprint density at radius 2 is 1.48 bits per heavy atom. The van der Waals surface area contributed by atoms with Crippen LogP contribution in [-0.2, 0) is 17.9 Å². The van der Waals surface area contributed by atoms with Crippen molar-refractivity contribution in [3.63, 3.8) is 0 Å². The molecule has 1 aromatic heterocycles. The molecule has 220 valence electrons. The highest BCUT2D eigenvalue weighted by Crippen LogP contribution is 2.50. The molecule has 0 saturated carbocycles. The summed E-state index contributed by atoms with van der Waals surface area (Å²) in [5.74, 6) is 1.51. The second kappa shape index (κ2) is 11.5. The van der Waals surface area contributed by atoms with Crippen LogP contribution in [0.1, 0.15) is 49.0 Å². The molecule has 3 fully saturated rings. The molecule has 5 aromatic carbocycles. The summed E-state index contributed by atoms with van der Waals surface area (Å²) >= 11 is 0. The highest BCUT2D eigenvalue weighted by molar-refractivity contribution is 6.02. The average Bonchev–Trinajstić information content (AvgIpc) is 3.09. The maximum atomic E-state index is 7.18. The van der Waals surface area contributed by atoms with Gasteiger partial charge in [0.1, 0.15) is 18.7 Å². The van der Waals surface area contributed by atoms with Crippen LogP contribution in [0.4, 0.5) is 0 Å². The second-order valence-corrected chi connectivity index (χ2v) is 13.2. The van der Waals surface area contributed by atoms with Gasteiger partial charge in [-0.3, -0.25) is 4.98 Å². The summed E-state index contributed by atoms with van der Waals surface area (Å²) in [5.41, 5.74) is 5.06. The molecule has 3 aliphatic heterocycles. The van der Waals surface area contributed by atoms with Crippen LogP contribution in [0.15, 0.2) is 121 Å². The number of ether oxygens (including phenoxy) is 1. The van der Waals surface area contributed by atoms with E-state index in [-0.39, 0.29) is 6.10 Å². The van der Waals surface area contributed by atoms with E-state index in [2.05, 4.69) is 122 Å². The summed E-state index contributed by atoms with van der Waals surface area (Å²) in [4.78, 5) is 4.75. The van der Waals surface area contributed by atoms with Crippen molar-refractivity contribution in [2.75, 3.05) is 13.1 Å². The molecule has 6 aromatic rings. The van der Waals surface area contributed by atoms with Crippen LogP contribution in [0.25, 0.3) is 32.4 Å². The number of nitrogens with zero attached hydrogens (tertiary/aromatic N) is 2. The SMILES string of the molecule is CC[C@H]1C[N+]2(Cc3c4ccccc4cc4ccccc34)CC[C@H]1C[C@@H]2[C@@H](OCc1ccccc1)c1ccnc2ccccc12. The third kappa shape index (κ3) is 4.80. The lowest BCUT2D eigenvalue weighted by atomic mass is 9.70. The topological polar surface area (TPSA) is 22.1 Å². The first-order valence-corrected chi connectivity index (χ1v) is 16.5. The minimum atomic E-state index is -0.0232. The Kier molecular flexibility index (Phi) is 7.16. The number of fused-ring (bicyclic) bond motifs is 6. The lowest BCUT2D eigenvalue weighted by molar-refractivity contribution is -0.985. The van der Waals surface area contributed by atoms with E-state index in [1.807, 2.05) is 6.20 Å². The average molecular weight is 578 g/mol. The summed E-state index contributed by atoms with van der Waals surface area (Å²) in [6.07, 6.45) is 5.73. The van der Waals surface area contributed by atoms with E-state index in [9.17, 15) is 0 Å². The molecule has 0 N–H and O–H groups in total. The minimum Gasteiger partial charge on any atom is -0.363 e. The molecular weight excluding hydrogens is 536 g/mol. The van der Waals surface area contributed by atoms with Crippen LogP contribution < -0.4 is 0 Å². The molecule has 0 amide bonds. The van der Waals surface area contributed by atoms with Gasteiger partial charge in [0.2, 0.25) is 0 Å². The van der Waals surface area contributed by atoms with Gasteiger partial charge in [0.15, 0.2) is 0 Å². The summed E-state index contributed by atoms with van der Waals surface area (Å²) < 4.78 is 8.26. The summed E-state index contributed by atoms with van der Waals surface area (Å²) in [6, 6.07) is 42.3. The van der Waals surface area contributed by atoms with E-state index in [0.29, 0.717) is 12.6 Å². The molecule has 3 saturated heterocycles. The standard InChI is InChI=1S/C41H41N2O/c1-2-30-26-43(27-38-34-16-8-6-14-32(34)24-33-15-7-9-17-35(33)38)23-21-31(30)25-40(43)41(44-28-29-12-4-3-5-13-29)37-20-22-42-39-19-11-10-18-36(37)39/h3-20,22,24,30-31,40-41H,2,21,23,25-28H2,1H3/q+1/t30-,31-,40+,41-,43?/m0/s1. The van der Waals surface area contributed by atoms with Gasteiger partial charge < -0.3 is 9.22 Å². The fraction of sp³-hybridized carbons (Fsp3) is 0.293. The zero-order valence-corrected chi connectivity index (χ0v) is 25.6. The number of para-hydroxylation sites is 1. The zero-order chi connectivity index (χ0) is 29.5. The Balaban J connectivity index is 1.29. The largest absolute Gasteiger partial charge is 0.363 e. The number of hydrogen-bond donors (Lipinski definition) is 0. The lowest BCUT2D eigenvalue weighted by Gasteiger charge is -2.59.